The molecule has 1 atom stereocenters. The van der Waals surface area contributed by atoms with Gasteiger partial charge in [-0.2, -0.15) is 0 Å². The number of aryl methyl sites for hydroxylation is 1. The van der Waals surface area contributed by atoms with Gasteiger partial charge < -0.3 is 15.4 Å². The van der Waals surface area contributed by atoms with Gasteiger partial charge in [0, 0.05) is 17.4 Å². The van der Waals surface area contributed by atoms with Crippen LogP contribution in [0.1, 0.15) is 33.3 Å². The third-order valence-corrected chi connectivity index (χ3v) is 3.56. The standard InChI is InChI=1S/C20H25N3O3/c1-13-7-6-12-21-17(13)15-8-10-16(11-9-15)23-18(24)14(2)22-19(25)26-20(3,4)5/h6-12,14H,1-5H3,(H,22,25)(H,23,24)/t14-/m1/s1. The highest BCUT2D eigenvalue weighted by Crippen LogP contribution is 2.22. The molecule has 1 aromatic carbocycles. The van der Waals surface area contributed by atoms with Crippen molar-refractivity contribution in [3.63, 3.8) is 0 Å². The van der Waals surface area contributed by atoms with Gasteiger partial charge in [-0.1, -0.05) is 18.2 Å². The molecular formula is C20H25N3O3. The van der Waals surface area contributed by atoms with Crippen molar-refractivity contribution in [1.82, 2.24) is 10.3 Å². The Morgan fingerprint density at radius 1 is 1.12 bits per heavy atom. The number of aromatic nitrogens is 1. The molecule has 2 N–H and O–H groups in total. The summed E-state index contributed by atoms with van der Waals surface area (Å²) >= 11 is 0. The zero-order valence-corrected chi connectivity index (χ0v) is 15.8. The summed E-state index contributed by atoms with van der Waals surface area (Å²) in [5.41, 5.74) is 3.00. The van der Waals surface area contributed by atoms with Crippen LogP contribution in [0.25, 0.3) is 11.3 Å². The Hall–Kier alpha value is -2.89. The summed E-state index contributed by atoms with van der Waals surface area (Å²) < 4.78 is 5.15. The average Bonchev–Trinajstić information content (AvgIpc) is 2.54. The van der Waals surface area contributed by atoms with Crippen LogP contribution in [0.15, 0.2) is 42.6 Å². The first-order valence-electron chi connectivity index (χ1n) is 8.48. The Kier molecular flexibility index (Phi) is 5.97. The molecule has 0 radical (unpaired) electrons. The molecule has 0 bridgehead atoms. The van der Waals surface area contributed by atoms with E-state index in [9.17, 15) is 9.59 Å². The van der Waals surface area contributed by atoms with E-state index >= 15 is 0 Å². The topological polar surface area (TPSA) is 80.3 Å². The number of amides is 2. The smallest absolute Gasteiger partial charge is 0.408 e. The van der Waals surface area contributed by atoms with Crippen molar-refractivity contribution in [2.45, 2.75) is 46.3 Å². The van der Waals surface area contributed by atoms with E-state index in [4.69, 9.17) is 4.74 Å². The van der Waals surface area contributed by atoms with E-state index < -0.39 is 17.7 Å². The summed E-state index contributed by atoms with van der Waals surface area (Å²) in [5.74, 6) is -0.322. The Morgan fingerprint density at radius 3 is 2.35 bits per heavy atom. The zero-order valence-electron chi connectivity index (χ0n) is 15.8. The van der Waals surface area contributed by atoms with E-state index in [-0.39, 0.29) is 5.91 Å². The molecule has 0 aliphatic heterocycles. The third-order valence-electron chi connectivity index (χ3n) is 3.56. The molecule has 1 aromatic heterocycles. The van der Waals surface area contributed by atoms with Crippen LogP contribution in [0, 0.1) is 6.92 Å². The molecule has 6 nitrogen and oxygen atoms in total. The van der Waals surface area contributed by atoms with Gasteiger partial charge in [-0.05, 0) is 58.4 Å². The summed E-state index contributed by atoms with van der Waals surface area (Å²) in [6, 6.07) is 10.6. The van der Waals surface area contributed by atoms with E-state index in [1.807, 2.05) is 43.3 Å². The predicted molar refractivity (Wildman–Crippen MR) is 102 cm³/mol. The molecule has 0 aliphatic carbocycles. The molecule has 2 amide bonds. The monoisotopic (exact) mass is 355 g/mol. The van der Waals surface area contributed by atoms with Crippen molar-refractivity contribution in [2.75, 3.05) is 5.32 Å². The fourth-order valence-electron chi connectivity index (χ4n) is 2.30. The highest BCUT2D eigenvalue weighted by atomic mass is 16.6. The highest BCUT2D eigenvalue weighted by molar-refractivity contribution is 5.96. The van der Waals surface area contributed by atoms with Gasteiger partial charge in [0.05, 0.1) is 5.69 Å². The fourth-order valence-corrected chi connectivity index (χ4v) is 2.30. The van der Waals surface area contributed by atoms with Crippen LogP contribution < -0.4 is 10.6 Å². The number of carbonyl (C=O) groups excluding carboxylic acids is 2. The summed E-state index contributed by atoms with van der Waals surface area (Å²) in [6.45, 7) is 8.90. The van der Waals surface area contributed by atoms with Gasteiger partial charge in [0.15, 0.2) is 0 Å². The van der Waals surface area contributed by atoms with Crippen molar-refractivity contribution in [2.24, 2.45) is 0 Å². The second kappa shape index (κ2) is 7.99. The lowest BCUT2D eigenvalue weighted by Crippen LogP contribution is -2.43. The molecule has 0 aliphatic rings. The Bertz CT molecular complexity index is 780. The second-order valence-electron chi connectivity index (χ2n) is 7.10. The normalized spacial score (nSPS) is 12.2. The number of alkyl carbamates (subject to hydrolysis) is 1. The molecule has 2 aromatic rings. The Balaban J connectivity index is 1.97. The quantitative estimate of drug-likeness (QED) is 0.871. The molecule has 138 valence electrons. The van der Waals surface area contributed by atoms with Gasteiger partial charge in [0.1, 0.15) is 11.6 Å². The van der Waals surface area contributed by atoms with Crippen LogP contribution in [-0.2, 0) is 9.53 Å². The Labute approximate surface area is 154 Å². The molecule has 6 heteroatoms. The van der Waals surface area contributed by atoms with E-state index in [0.29, 0.717) is 5.69 Å². The molecule has 2 rings (SSSR count). The van der Waals surface area contributed by atoms with Gasteiger partial charge in [-0.25, -0.2) is 4.79 Å². The highest BCUT2D eigenvalue weighted by Gasteiger charge is 2.21. The van der Waals surface area contributed by atoms with E-state index in [0.717, 1.165) is 16.8 Å². The maximum Gasteiger partial charge on any atom is 0.408 e. The van der Waals surface area contributed by atoms with Crippen LogP contribution in [0.3, 0.4) is 0 Å². The maximum atomic E-state index is 12.2. The van der Waals surface area contributed by atoms with Crippen LogP contribution in [-0.4, -0.2) is 28.6 Å². The number of hydrogen-bond acceptors (Lipinski definition) is 4. The lowest BCUT2D eigenvalue weighted by atomic mass is 10.1. The molecule has 0 fully saturated rings. The minimum absolute atomic E-state index is 0.322. The average molecular weight is 355 g/mol. The maximum absolute atomic E-state index is 12.2. The van der Waals surface area contributed by atoms with Crippen molar-refractivity contribution in [1.29, 1.82) is 0 Å². The number of hydrogen-bond donors (Lipinski definition) is 2. The number of benzene rings is 1. The lowest BCUT2D eigenvalue weighted by molar-refractivity contribution is -0.117. The largest absolute Gasteiger partial charge is 0.444 e. The van der Waals surface area contributed by atoms with Crippen LogP contribution in [0.4, 0.5) is 10.5 Å². The first-order chi connectivity index (χ1) is 12.2. The summed E-state index contributed by atoms with van der Waals surface area (Å²) in [4.78, 5) is 28.3. The molecule has 0 spiro atoms. The number of carbonyl (C=O) groups is 2. The third kappa shape index (κ3) is 5.58. The molecular weight excluding hydrogens is 330 g/mol. The minimum atomic E-state index is -0.720. The zero-order chi connectivity index (χ0) is 19.3. The predicted octanol–water partition coefficient (Wildman–Crippen LogP) is 3.91. The van der Waals surface area contributed by atoms with Crippen molar-refractivity contribution >= 4 is 17.7 Å². The molecule has 0 unspecified atom stereocenters. The van der Waals surface area contributed by atoms with Crippen LogP contribution in [0.2, 0.25) is 0 Å². The van der Waals surface area contributed by atoms with Gasteiger partial charge in [0.2, 0.25) is 5.91 Å². The van der Waals surface area contributed by atoms with Crippen LogP contribution >= 0.6 is 0 Å². The molecule has 26 heavy (non-hydrogen) atoms. The molecule has 0 saturated heterocycles. The number of rotatable bonds is 4. The van der Waals surface area contributed by atoms with Gasteiger partial charge >= 0.3 is 6.09 Å². The first kappa shape index (κ1) is 19.4. The molecule has 0 saturated carbocycles. The van der Waals surface area contributed by atoms with Gasteiger partial charge in [-0.3, -0.25) is 9.78 Å². The van der Waals surface area contributed by atoms with E-state index in [2.05, 4.69) is 15.6 Å². The van der Waals surface area contributed by atoms with Crippen molar-refractivity contribution in [3.8, 4) is 11.3 Å². The molecule has 1 heterocycles. The lowest BCUT2D eigenvalue weighted by Gasteiger charge is -2.21. The minimum Gasteiger partial charge on any atom is -0.444 e. The number of pyridine rings is 1. The van der Waals surface area contributed by atoms with E-state index in [1.165, 1.54) is 0 Å². The number of ether oxygens (including phenoxy) is 1. The number of nitrogens with one attached hydrogen (secondary N) is 2. The van der Waals surface area contributed by atoms with Crippen molar-refractivity contribution < 1.29 is 14.3 Å². The number of anilines is 1. The second-order valence-corrected chi connectivity index (χ2v) is 7.10. The van der Waals surface area contributed by atoms with E-state index in [1.54, 1.807) is 33.9 Å². The SMILES string of the molecule is Cc1cccnc1-c1ccc(NC(=O)[C@@H](C)NC(=O)OC(C)(C)C)cc1. The summed E-state index contributed by atoms with van der Waals surface area (Å²) in [6.07, 6.45) is 1.13. The van der Waals surface area contributed by atoms with Crippen molar-refractivity contribution in [3.05, 3.63) is 48.2 Å². The fraction of sp³-hybridized carbons (Fsp3) is 0.350. The van der Waals surface area contributed by atoms with Gasteiger partial charge in [0.25, 0.3) is 0 Å². The summed E-state index contributed by atoms with van der Waals surface area (Å²) in [5, 5.41) is 5.29. The Morgan fingerprint density at radius 2 is 1.77 bits per heavy atom. The van der Waals surface area contributed by atoms with Gasteiger partial charge in [-0.15, -0.1) is 0 Å². The number of nitrogens with zero attached hydrogens (tertiary/aromatic N) is 1. The van der Waals surface area contributed by atoms with Crippen LogP contribution in [0.5, 0.6) is 0 Å². The summed E-state index contributed by atoms with van der Waals surface area (Å²) in [7, 11) is 0. The first-order valence-corrected chi connectivity index (χ1v) is 8.48.